The summed E-state index contributed by atoms with van der Waals surface area (Å²) in [5.41, 5.74) is 0.248. The zero-order valence-electron chi connectivity index (χ0n) is 12.0. The summed E-state index contributed by atoms with van der Waals surface area (Å²) in [6.45, 7) is 2.55. The van der Waals surface area contributed by atoms with Gasteiger partial charge in [0.2, 0.25) is 0 Å². The van der Waals surface area contributed by atoms with Crippen LogP contribution in [0.5, 0.6) is 5.75 Å². The third kappa shape index (κ3) is 3.48. The number of methoxy groups -OCH3 is 2. The number of likely N-dealkylation sites (tertiary alicyclic amines) is 1. The minimum atomic E-state index is -0.854. The molecule has 1 saturated heterocycles. The molecular weight excluding hydrogens is 261 g/mol. The Morgan fingerprint density at radius 2 is 2.25 bits per heavy atom. The van der Waals surface area contributed by atoms with Gasteiger partial charge in [0.15, 0.2) is 0 Å². The van der Waals surface area contributed by atoms with Crippen molar-refractivity contribution in [3.05, 3.63) is 29.6 Å². The number of rotatable bonds is 6. The SMILES string of the molecule is COc1cccc(F)c1C(O)CCN1CCC(OC)C1. The zero-order chi connectivity index (χ0) is 14.5. The van der Waals surface area contributed by atoms with Crippen LogP contribution in [-0.4, -0.2) is 50.0 Å². The summed E-state index contributed by atoms with van der Waals surface area (Å²) in [7, 11) is 3.20. The summed E-state index contributed by atoms with van der Waals surface area (Å²) < 4.78 is 24.3. The second-order valence-corrected chi connectivity index (χ2v) is 5.11. The molecule has 20 heavy (non-hydrogen) atoms. The highest BCUT2D eigenvalue weighted by Gasteiger charge is 2.24. The average molecular weight is 283 g/mol. The molecule has 1 heterocycles. The standard InChI is InChI=1S/C15H22FNO3/c1-19-11-6-8-17(10-11)9-7-13(18)15-12(16)4-3-5-14(15)20-2/h3-5,11,13,18H,6-10H2,1-2H3. The van der Waals surface area contributed by atoms with Crippen molar-refractivity contribution in [1.82, 2.24) is 4.90 Å². The van der Waals surface area contributed by atoms with Gasteiger partial charge in [-0.15, -0.1) is 0 Å². The Morgan fingerprint density at radius 3 is 2.90 bits per heavy atom. The lowest BCUT2D eigenvalue weighted by Gasteiger charge is -2.20. The third-order valence-electron chi connectivity index (χ3n) is 3.85. The van der Waals surface area contributed by atoms with Gasteiger partial charge in [-0.2, -0.15) is 0 Å². The van der Waals surface area contributed by atoms with Crippen LogP contribution in [0.3, 0.4) is 0 Å². The third-order valence-corrected chi connectivity index (χ3v) is 3.85. The van der Waals surface area contributed by atoms with Crippen molar-refractivity contribution in [3.63, 3.8) is 0 Å². The van der Waals surface area contributed by atoms with Gasteiger partial charge in [0.1, 0.15) is 11.6 Å². The van der Waals surface area contributed by atoms with Gasteiger partial charge in [-0.05, 0) is 25.0 Å². The predicted molar refractivity (Wildman–Crippen MR) is 74.4 cm³/mol. The van der Waals surface area contributed by atoms with E-state index in [0.717, 1.165) is 26.1 Å². The molecular formula is C15H22FNO3. The fourth-order valence-electron chi connectivity index (χ4n) is 2.66. The molecule has 1 aromatic carbocycles. The van der Waals surface area contributed by atoms with E-state index >= 15 is 0 Å². The lowest BCUT2D eigenvalue weighted by molar-refractivity contribution is 0.101. The van der Waals surface area contributed by atoms with Crippen molar-refractivity contribution in [2.24, 2.45) is 0 Å². The fourth-order valence-corrected chi connectivity index (χ4v) is 2.66. The molecule has 5 heteroatoms. The highest BCUT2D eigenvalue weighted by molar-refractivity contribution is 5.36. The minimum absolute atomic E-state index is 0.248. The van der Waals surface area contributed by atoms with Gasteiger partial charge in [-0.25, -0.2) is 4.39 Å². The predicted octanol–water partition coefficient (Wildman–Crippen LogP) is 1.98. The molecule has 0 amide bonds. The molecule has 0 radical (unpaired) electrons. The normalized spacial score (nSPS) is 21.1. The summed E-state index contributed by atoms with van der Waals surface area (Å²) in [6.07, 6.45) is 0.909. The van der Waals surface area contributed by atoms with Gasteiger partial charge >= 0.3 is 0 Å². The average Bonchev–Trinajstić information content (AvgIpc) is 2.92. The van der Waals surface area contributed by atoms with E-state index in [1.807, 2.05) is 0 Å². The molecule has 2 rings (SSSR count). The van der Waals surface area contributed by atoms with Gasteiger partial charge in [-0.3, -0.25) is 0 Å². The van der Waals surface area contributed by atoms with E-state index in [2.05, 4.69) is 4.90 Å². The number of nitrogens with zero attached hydrogens (tertiary/aromatic N) is 1. The van der Waals surface area contributed by atoms with Crippen LogP contribution in [0.1, 0.15) is 24.5 Å². The molecule has 0 bridgehead atoms. The molecule has 2 unspecified atom stereocenters. The zero-order valence-corrected chi connectivity index (χ0v) is 12.0. The maximum absolute atomic E-state index is 13.8. The monoisotopic (exact) mass is 283 g/mol. The van der Waals surface area contributed by atoms with E-state index in [1.54, 1.807) is 19.2 Å². The van der Waals surface area contributed by atoms with E-state index in [0.29, 0.717) is 12.2 Å². The van der Waals surface area contributed by atoms with Gasteiger partial charge < -0.3 is 19.5 Å². The molecule has 4 nitrogen and oxygen atoms in total. The van der Waals surface area contributed by atoms with Crippen LogP contribution in [0.4, 0.5) is 4.39 Å². The highest BCUT2D eigenvalue weighted by Crippen LogP contribution is 2.30. The molecule has 1 aromatic rings. The molecule has 1 aliphatic rings. The lowest BCUT2D eigenvalue weighted by Crippen LogP contribution is -2.25. The van der Waals surface area contributed by atoms with E-state index in [-0.39, 0.29) is 11.7 Å². The molecule has 0 spiro atoms. The Hall–Kier alpha value is -1.17. The number of hydrogen-bond acceptors (Lipinski definition) is 4. The molecule has 1 aliphatic heterocycles. The number of ether oxygens (including phenoxy) is 2. The Kier molecular flexibility index (Phi) is 5.34. The quantitative estimate of drug-likeness (QED) is 0.867. The molecule has 1 N–H and O–H groups in total. The number of aliphatic hydroxyl groups excluding tert-OH is 1. The minimum Gasteiger partial charge on any atom is -0.496 e. The van der Waals surface area contributed by atoms with E-state index in [1.165, 1.54) is 13.2 Å². The lowest BCUT2D eigenvalue weighted by atomic mass is 10.0. The van der Waals surface area contributed by atoms with Crippen molar-refractivity contribution in [2.45, 2.75) is 25.0 Å². The fraction of sp³-hybridized carbons (Fsp3) is 0.600. The summed E-state index contributed by atoms with van der Waals surface area (Å²) >= 11 is 0. The van der Waals surface area contributed by atoms with Crippen LogP contribution in [0.25, 0.3) is 0 Å². The second-order valence-electron chi connectivity index (χ2n) is 5.11. The van der Waals surface area contributed by atoms with Crippen molar-refractivity contribution in [1.29, 1.82) is 0 Å². The van der Waals surface area contributed by atoms with Crippen LogP contribution in [0.2, 0.25) is 0 Å². The Balaban J connectivity index is 1.94. The molecule has 0 aromatic heterocycles. The van der Waals surface area contributed by atoms with Gasteiger partial charge in [0.05, 0.1) is 24.9 Å². The molecule has 1 fully saturated rings. The Labute approximate surface area is 119 Å². The van der Waals surface area contributed by atoms with Crippen LogP contribution in [0, 0.1) is 5.82 Å². The second kappa shape index (κ2) is 7.02. The number of hydrogen-bond donors (Lipinski definition) is 1. The van der Waals surface area contributed by atoms with Crippen molar-refractivity contribution in [2.75, 3.05) is 33.9 Å². The molecule has 0 aliphatic carbocycles. The molecule has 0 saturated carbocycles. The highest BCUT2D eigenvalue weighted by atomic mass is 19.1. The summed E-state index contributed by atoms with van der Waals surface area (Å²) in [6, 6.07) is 4.59. The first-order valence-electron chi connectivity index (χ1n) is 6.91. The molecule has 2 atom stereocenters. The van der Waals surface area contributed by atoms with Gasteiger partial charge in [0, 0.05) is 26.7 Å². The van der Waals surface area contributed by atoms with Crippen molar-refractivity contribution < 1.29 is 19.0 Å². The van der Waals surface area contributed by atoms with Gasteiger partial charge in [0.25, 0.3) is 0 Å². The topological polar surface area (TPSA) is 41.9 Å². The molecule has 112 valence electrons. The first-order chi connectivity index (χ1) is 9.65. The van der Waals surface area contributed by atoms with E-state index in [4.69, 9.17) is 9.47 Å². The van der Waals surface area contributed by atoms with E-state index in [9.17, 15) is 9.50 Å². The van der Waals surface area contributed by atoms with Crippen LogP contribution in [-0.2, 0) is 4.74 Å². The smallest absolute Gasteiger partial charge is 0.132 e. The van der Waals surface area contributed by atoms with E-state index < -0.39 is 11.9 Å². The number of aliphatic hydroxyl groups is 1. The van der Waals surface area contributed by atoms with Crippen molar-refractivity contribution in [3.8, 4) is 5.75 Å². The first kappa shape index (κ1) is 15.2. The summed E-state index contributed by atoms with van der Waals surface area (Å²) in [4.78, 5) is 2.23. The number of halogens is 1. The van der Waals surface area contributed by atoms with Gasteiger partial charge in [-0.1, -0.05) is 6.07 Å². The van der Waals surface area contributed by atoms with Crippen LogP contribution >= 0.6 is 0 Å². The largest absolute Gasteiger partial charge is 0.496 e. The summed E-state index contributed by atoms with van der Waals surface area (Å²) in [5, 5.41) is 10.2. The van der Waals surface area contributed by atoms with Crippen LogP contribution in [0.15, 0.2) is 18.2 Å². The Morgan fingerprint density at radius 1 is 1.45 bits per heavy atom. The maximum Gasteiger partial charge on any atom is 0.132 e. The maximum atomic E-state index is 13.8. The Bertz CT molecular complexity index is 441. The first-order valence-corrected chi connectivity index (χ1v) is 6.91. The number of benzene rings is 1. The summed E-state index contributed by atoms with van der Waals surface area (Å²) in [5.74, 6) is -0.0262. The van der Waals surface area contributed by atoms with Crippen LogP contribution < -0.4 is 4.74 Å². The van der Waals surface area contributed by atoms with Crippen molar-refractivity contribution >= 4 is 0 Å².